The van der Waals surface area contributed by atoms with Gasteiger partial charge in [0.2, 0.25) is 0 Å². The van der Waals surface area contributed by atoms with Gasteiger partial charge in [-0.15, -0.1) is 0 Å². The summed E-state index contributed by atoms with van der Waals surface area (Å²) in [5, 5.41) is 11.1. The SMILES string of the molecule is CC(C)[C@@](O)(c1ccccc1)[C@H]1C=CCCC1. The molecule has 0 aromatic heterocycles. The van der Waals surface area contributed by atoms with Gasteiger partial charge >= 0.3 is 0 Å². The Morgan fingerprint density at radius 3 is 2.47 bits per heavy atom. The zero-order valence-electron chi connectivity index (χ0n) is 10.8. The molecule has 0 saturated carbocycles. The van der Waals surface area contributed by atoms with Crippen molar-refractivity contribution in [3.8, 4) is 0 Å². The molecule has 0 amide bonds. The van der Waals surface area contributed by atoms with E-state index in [0.717, 1.165) is 18.4 Å². The molecule has 17 heavy (non-hydrogen) atoms. The fourth-order valence-electron chi connectivity index (χ4n) is 2.86. The minimum Gasteiger partial charge on any atom is -0.384 e. The van der Waals surface area contributed by atoms with Crippen LogP contribution < -0.4 is 0 Å². The van der Waals surface area contributed by atoms with E-state index in [1.165, 1.54) is 6.42 Å². The first kappa shape index (κ1) is 12.4. The van der Waals surface area contributed by atoms with Gasteiger partial charge < -0.3 is 5.11 Å². The Labute approximate surface area is 104 Å². The average Bonchev–Trinajstić information content (AvgIpc) is 2.39. The molecule has 92 valence electrons. The lowest BCUT2D eigenvalue weighted by Crippen LogP contribution is -2.40. The van der Waals surface area contributed by atoms with Crippen molar-refractivity contribution in [2.45, 2.75) is 38.7 Å². The fourth-order valence-corrected chi connectivity index (χ4v) is 2.86. The predicted octanol–water partition coefficient (Wildman–Crippen LogP) is 3.89. The highest BCUT2D eigenvalue weighted by Crippen LogP contribution is 2.41. The molecule has 0 spiro atoms. The molecule has 1 heteroatoms. The van der Waals surface area contributed by atoms with Gasteiger partial charge in [0.25, 0.3) is 0 Å². The highest BCUT2D eigenvalue weighted by Gasteiger charge is 2.40. The number of rotatable bonds is 3. The molecule has 1 N–H and O–H groups in total. The summed E-state index contributed by atoms with van der Waals surface area (Å²) in [4.78, 5) is 0. The topological polar surface area (TPSA) is 20.2 Å². The monoisotopic (exact) mass is 230 g/mol. The zero-order chi connectivity index (χ0) is 12.3. The van der Waals surface area contributed by atoms with E-state index in [2.05, 4.69) is 26.0 Å². The molecule has 2 atom stereocenters. The van der Waals surface area contributed by atoms with Crippen molar-refractivity contribution >= 4 is 0 Å². The summed E-state index contributed by atoms with van der Waals surface area (Å²) in [6.45, 7) is 4.21. The van der Waals surface area contributed by atoms with Gasteiger partial charge in [-0.2, -0.15) is 0 Å². The fraction of sp³-hybridized carbons (Fsp3) is 0.500. The molecular formula is C16H22O. The van der Waals surface area contributed by atoms with Crippen LogP contribution in [0.5, 0.6) is 0 Å². The summed E-state index contributed by atoms with van der Waals surface area (Å²) in [6, 6.07) is 10.1. The first-order valence-corrected chi connectivity index (χ1v) is 6.60. The van der Waals surface area contributed by atoms with Gasteiger partial charge in [0.15, 0.2) is 0 Å². The van der Waals surface area contributed by atoms with Crippen LogP contribution in [-0.2, 0) is 5.60 Å². The third-order valence-electron chi connectivity index (χ3n) is 3.94. The standard InChI is InChI=1S/C16H22O/c1-13(2)16(17,14-9-5-3-6-10-14)15-11-7-4-8-12-15/h3,5-7,9-11,13,15,17H,4,8,12H2,1-2H3/t15-,16+/m0/s1. The molecule has 1 aliphatic carbocycles. The molecule has 1 aromatic carbocycles. The molecular weight excluding hydrogens is 208 g/mol. The summed E-state index contributed by atoms with van der Waals surface area (Å²) in [6.07, 6.45) is 7.84. The van der Waals surface area contributed by atoms with Crippen LogP contribution in [0.3, 0.4) is 0 Å². The Morgan fingerprint density at radius 1 is 1.24 bits per heavy atom. The highest BCUT2D eigenvalue weighted by atomic mass is 16.3. The maximum atomic E-state index is 11.1. The summed E-state index contributed by atoms with van der Waals surface area (Å²) < 4.78 is 0. The van der Waals surface area contributed by atoms with Crippen molar-refractivity contribution in [2.75, 3.05) is 0 Å². The van der Waals surface area contributed by atoms with E-state index in [1.807, 2.05) is 30.3 Å². The van der Waals surface area contributed by atoms with Crippen molar-refractivity contribution in [3.63, 3.8) is 0 Å². The van der Waals surface area contributed by atoms with Crippen molar-refractivity contribution < 1.29 is 5.11 Å². The maximum absolute atomic E-state index is 11.1. The van der Waals surface area contributed by atoms with Crippen LogP contribution in [0, 0.1) is 11.8 Å². The second-order valence-electron chi connectivity index (χ2n) is 5.31. The largest absolute Gasteiger partial charge is 0.384 e. The molecule has 0 radical (unpaired) electrons. The van der Waals surface area contributed by atoms with Crippen molar-refractivity contribution in [1.82, 2.24) is 0 Å². The number of hydrogen-bond acceptors (Lipinski definition) is 1. The molecule has 0 saturated heterocycles. The van der Waals surface area contributed by atoms with E-state index in [4.69, 9.17) is 0 Å². The maximum Gasteiger partial charge on any atom is 0.0981 e. The Hall–Kier alpha value is -1.08. The Morgan fingerprint density at radius 2 is 1.94 bits per heavy atom. The summed E-state index contributed by atoms with van der Waals surface area (Å²) in [7, 11) is 0. The summed E-state index contributed by atoms with van der Waals surface area (Å²) in [5.41, 5.74) is 0.324. The van der Waals surface area contributed by atoms with Gasteiger partial charge in [0.05, 0.1) is 5.60 Å². The van der Waals surface area contributed by atoms with Crippen LogP contribution in [0.15, 0.2) is 42.5 Å². The van der Waals surface area contributed by atoms with E-state index >= 15 is 0 Å². The molecule has 0 heterocycles. The lowest BCUT2D eigenvalue weighted by Gasteiger charge is -2.40. The van der Waals surface area contributed by atoms with Crippen molar-refractivity contribution in [1.29, 1.82) is 0 Å². The smallest absolute Gasteiger partial charge is 0.0981 e. The van der Waals surface area contributed by atoms with E-state index in [0.29, 0.717) is 0 Å². The van der Waals surface area contributed by atoms with Crippen LogP contribution in [0.2, 0.25) is 0 Å². The number of hydrogen-bond donors (Lipinski definition) is 1. The molecule has 0 bridgehead atoms. The predicted molar refractivity (Wildman–Crippen MR) is 71.7 cm³/mol. The molecule has 1 aliphatic rings. The van der Waals surface area contributed by atoms with Crippen LogP contribution in [0.1, 0.15) is 38.7 Å². The molecule has 2 rings (SSSR count). The first-order valence-electron chi connectivity index (χ1n) is 6.60. The minimum absolute atomic E-state index is 0.220. The highest BCUT2D eigenvalue weighted by molar-refractivity contribution is 5.26. The van der Waals surface area contributed by atoms with Crippen molar-refractivity contribution in [2.24, 2.45) is 11.8 Å². The molecule has 0 aliphatic heterocycles. The first-order chi connectivity index (χ1) is 8.15. The van der Waals surface area contributed by atoms with Gasteiger partial charge in [-0.1, -0.05) is 56.3 Å². The quantitative estimate of drug-likeness (QED) is 0.781. The number of allylic oxidation sites excluding steroid dienone is 1. The Balaban J connectivity index is 2.39. The second kappa shape index (κ2) is 5.05. The van der Waals surface area contributed by atoms with Gasteiger partial charge in [0, 0.05) is 5.92 Å². The normalized spacial score (nSPS) is 23.6. The third-order valence-corrected chi connectivity index (χ3v) is 3.94. The van der Waals surface area contributed by atoms with Gasteiger partial charge in [-0.3, -0.25) is 0 Å². The second-order valence-corrected chi connectivity index (χ2v) is 5.31. The van der Waals surface area contributed by atoms with E-state index in [9.17, 15) is 5.11 Å². The minimum atomic E-state index is -0.724. The van der Waals surface area contributed by atoms with Crippen molar-refractivity contribution in [3.05, 3.63) is 48.0 Å². The van der Waals surface area contributed by atoms with E-state index < -0.39 is 5.60 Å². The van der Waals surface area contributed by atoms with Gasteiger partial charge in [-0.25, -0.2) is 0 Å². The van der Waals surface area contributed by atoms with Crippen LogP contribution in [0.4, 0.5) is 0 Å². The lowest BCUT2D eigenvalue weighted by molar-refractivity contribution is -0.0533. The number of benzene rings is 1. The van der Waals surface area contributed by atoms with Gasteiger partial charge in [0.1, 0.15) is 0 Å². The number of aliphatic hydroxyl groups is 1. The van der Waals surface area contributed by atoms with Gasteiger partial charge in [-0.05, 0) is 30.7 Å². The Bertz CT molecular complexity index is 380. The third kappa shape index (κ3) is 2.30. The van der Waals surface area contributed by atoms with Crippen LogP contribution in [0.25, 0.3) is 0 Å². The van der Waals surface area contributed by atoms with E-state index in [-0.39, 0.29) is 11.8 Å². The molecule has 0 unspecified atom stereocenters. The molecule has 1 nitrogen and oxygen atoms in total. The lowest BCUT2D eigenvalue weighted by atomic mass is 9.70. The Kier molecular flexibility index (Phi) is 3.68. The summed E-state index contributed by atoms with van der Waals surface area (Å²) in [5.74, 6) is 0.469. The zero-order valence-corrected chi connectivity index (χ0v) is 10.8. The van der Waals surface area contributed by atoms with Crippen LogP contribution >= 0.6 is 0 Å². The molecule has 0 fully saturated rings. The molecule has 1 aromatic rings. The summed E-state index contributed by atoms with van der Waals surface area (Å²) >= 11 is 0. The van der Waals surface area contributed by atoms with E-state index in [1.54, 1.807) is 0 Å². The average molecular weight is 230 g/mol. The van der Waals surface area contributed by atoms with Crippen LogP contribution in [-0.4, -0.2) is 5.11 Å².